The summed E-state index contributed by atoms with van der Waals surface area (Å²) in [6, 6.07) is 16.1. The van der Waals surface area contributed by atoms with Crippen molar-refractivity contribution in [1.29, 1.82) is 0 Å². The van der Waals surface area contributed by atoms with Crippen molar-refractivity contribution in [1.82, 2.24) is 4.98 Å². The summed E-state index contributed by atoms with van der Waals surface area (Å²) in [5.41, 5.74) is 0.549. The molecule has 2 aromatic carbocycles. The van der Waals surface area contributed by atoms with E-state index >= 15 is 0 Å². The number of halogens is 1. The van der Waals surface area contributed by atoms with Gasteiger partial charge in [0, 0.05) is 0 Å². The van der Waals surface area contributed by atoms with Crippen LogP contribution in [0.5, 0.6) is 0 Å². The molecule has 7 nitrogen and oxygen atoms in total. The molecule has 32 heavy (non-hydrogen) atoms. The number of rotatable bonds is 7. The number of benzene rings is 2. The van der Waals surface area contributed by atoms with Gasteiger partial charge in [0.2, 0.25) is 5.89 Å². The van der Waals surface area contributed by atoms with Gasteiger partial charge in [0.25, 0.3) is 10.0 Å². The van der Waals surface area contributed by atoms with Crippen molar-refractivity contribution >= 4 is 44.6 Å². The Labute approximate surface area is 193 Å². The highest BCUT2D eigenvalue weighted by molar-refractivity contribution is 7.92. The lowest BCUT2D eigenvalue weighted by Gasteiger charge is -2.25. The third-order valence-corrected chi connectivity index (χ3v) is 7.57. The topological polar surface area (TPSA) is 89.7 Å². The van der Waals surface area contributed by atoms with Crippen LogP contribution in [0.25, 0.3) is 10.8 Å². The summed E-state index contributed by atoms with van der Waals surface area (Å²) in [6.07, 6.45) is 1.40. The number of aromatic nitrogens is 1. The molecule has 0 aliphatic carbocycles. The van der Waals surface area contributed by atoms with Crippen molar-refractivity contribution in [2.75, 3.05) is 11.4 Å². The maximum absolute atomic E-state index is 13.8. The van der Waals surface area contributed by atoms with Crippen LogP contribution >= 0.6 is 22.9 Å². The minimum absolute atomic E-state index is 0.0773. The van der Waals surface area contributed by atoms with E-state index in [1.807, 2.05) is 17.5 Å². The molecule has 4 aromatic rings. The highest BCUT2D eigenvalue weighted by Gasteiger charge is 2.31. The first-order valence-corrected chi connectivity index (χ1v) is 12.0. The molecule has 0 N–H and O–H groups in total. The second kappa shape index (κ2) is 9.15. The second-order valence-corrected chi connectivity index (χ2v) is 9.76. The van der Waals surface area contributed by atoms with Crippen molar-refractivity contribution in [3.8, 4) is 10.8 Å². The van der Waals surface area contributed by atoms with Crippen LogP contribution in [0.3, 0.4) is 0 Å². The fraction of sp³-hybridized carbons (Fsp3) is 0.0909. The molecule has 164 valence electrons. The van der Waals surface area contributed by atoms with Crippen LogP contribution in [0.15, 0.2) is 81.6 Å². The Morgan fingerprint density at radius 2 is 1.88 bits per heavy atom. The predicted octanol–water partition coefficient (Wildman–Crippen LogP) is 5.24. The Morgan fingerprint density at radius 3 is 2.59 bits per heavy atom. The molecule has 4 rings (SSSR count). The van der Waals surface area contributed by atoms with E-state index < -0.39 is 16.0 Å². The maximum atomic E-state index is 13.8. The van der Waals surface area contributed by atoms with Crippen LogP contribution in [0.4, 0.5) is 5.69 Å². The van der Waals surface area contributed by atoms with Crippen LogP contribution in [0, 0.1) is 0 Å². The molecule has 0 saturated carbocycles. The number of hydrogen-bond acceptors (Lipinski definition) is 7. The van der Waals surface area contributed by atoms with Gasteiger partial charge in [0.05, 0.1) is 34.8 Å². The summed E-state index contributed by atoms with van der Waals surface area (Å²) < 4.78 is 39.0. The summed E-state index contributed by atoms with van der Waals surface area (Å²) in [6.45, 7) is -0.156. The number of para-hydroxylation sites is 1. The van der Waals surface area contributed by atoms with E-state index in [1.54, 1.807) is 30.3 Å². The first kappa shape index (κ1) is 22.1. The molecular formula is C22H17ClN2O5S2. The summed E-state index contributed by atoms with van der Waals surface area (Å²) in [7, 11) is -3.04. The zero-order valence-corrected chi connectivity index (χ0v) is 19.2. The Kier molecular flexibility index (Phi) is 6.31. The van der Waals surface area contributed by atoms with Crippen molar-refractivity contribution in [2.24, 2.45) is 0 Å². The first-order valence-electron chi connectivity index (χ1n) is 9.34. The van der Waals surface area contributed by atoms with E-state index in [9.17, 15) is 13.2 Å². The number of anilines is 1. The summed E-state index contributed by atoms with van der Waals surface area (Å²) in [4.78, 5) is 17.3. The van der Waals surface area contributed by atoms with Gasteiger partial charge >= 0.3 is 5.97 Å². The van der Waals surface area contributed by atoms with Crippen molar-refractivity contribution in [3.05, 3.63) is 88.6 Å². The van der Waals surface area contributed by atoms with E-state index in [-0.39, 0.29) is 27.7 Å². The van der Waals surface area contributed by atoms with Crippen molar-refractivity contribution in [2.45, 2.75) is 11.4 Å². The third-order valence-electron chi connectivity index (χ3n) is 4.57. The van der Waals surface area contributed by atoms with Crippen LogP contribution in [0.2, 0.25) is 5.02 Å². The first-order chi connectivity index (χ1) is 15.4. The Morgan fingerprint density at radius 1 is 1.12 bits per heavy atom. The molecule has 2 heterocycles. The minimum Gasteiger partial charge on any atom is -0.465 e. The summed E-state index contributed by atoms with van der Waals surface area (Å²) >= 11 is 7.81. The molecule has 2 aromatic heterocycles. The zero-order valence-electron chi connectivity index (χ0n) is 16.8. The van der Waals surface area contributed by atoms with Crippen molar-refractivity contribution < 1.29 is 22.4 Å². The number of esters is 1. The molecule has 0 amide bonds. The molecular weight excluding hydrogens is 472 g/mol. The maximum Gasteiger partial charge on any atom is 0.339 e. The van der Waals surface area contributed by atoms with Crippen LogP contribution < -0.4 is 4.31 Å². The smallest absolute Gasteiger partial charge is 0.339 e. The average Bonchev–Trinajstić information content (AvgIpc) is 3.49. The Balaban J connectivity index is 1.81. The Hall–Kier alpha value is -3.14. The predicted molar refractivity (Wildman–Crippen MR) is 122 cm³/mol. The van der Waals surface area contributed by atoms with Crippen LogP contribution in [-0.2, 0) is 21.3 Å². The monoisotopic (exact) mass is 488 g/mol. The number of sulfonamides is 1. The van der Waals surface area contributed by atoms with Gasteiger partial charge in [-0.3, -0.25) is 4.31 Å². The SMILES string of the molecule is COC(=O)c1ccccc1S(=O)(=O)N(Cc1coc(-c2cccs2)n1)c1ccccc1Cl. The number of hydrogen-bond donors (Lipinski definition) is 0. The van der Waals surface area contributed by atoms with Gasteiger partial charge in [-0.05, 0) is 35.7 Å². The van der Waals surface area contributed by atoms with E-state index in [2.05, 4.69) is 4.98 Å². The third kappa shape index (κ3) is 4.27. The van der Waals surface area contributed by atoms with Gasteiger partial charge < -0.3 is 9.15 Å². The van der Waals surface area contributed by atoms with E-state index in [0.29, 0.717) is 11.6 Å². The molecule has 0 bridgehead atoms. The number of carbonyl (C=O) groups is 1. The number of carbonyl (C=O) groups excluding carboxylic acids is 1. The molecule has 0 unspecified atom stereocenters. The standard InChI is InChI=1S/C22H17ClN2O5S2/c1-29-22(26)16-7-2-5-11-20(16)32(27,28)25(18-9-4-3-8-17(18)23)13-15-14-30-21(24-15)19-10-6-12-31-19/h2-12,14H,13H2,1H3. The normalized spacial score (nSPS) is 11.3. The zero-order chi connectivity index (χ0) is 22.7. The highest BCUT2D eigenvalue weighted by atomic mass is 35.5. The quantitative estimate of drug-likeness (QED) is 0.330. The van der Waals surface area contributed by atoms with Gasteiger partial charge in [0.1, 0.15) is 16.9 Å². The molecule has 0 aliphatic rings. The fourth-order valence-corrected chi connectivity index (χ4v) is 5.66. The van der Waals surface area contributed by atoms with Gasteiger partial charge in [-0.25, -0.2) is 18.2 Å². The lowest BCUT2D eigenvalue weighted by Crippen LogP contribution is -2.32. The Bertz CT molecular complexity index is 1350. The lowest BCUT2D eigenvalue weighted by molar-refractivity contribution is 0.0596. The molecule has 0 saturated heterocycles. The van der Waals surface area contributed by atoms with Gasteiger partial charge in [0.15, 0.2) is 0 Å². The largest absolute Gasteiger partial charge is 0.465 e. The molecule has 0 fully saturated rings. The number of oxazole rings is 1. The fourth-order valence-electron chi connectivity index (χ4n) is 3.08. The van der Waals surface area contributed by atoms with Crippen molar-refractivity contribution in [3.63, 3.8) is 0 Å². The molecule has 0 radical (unpaired) electrons. The number of methoxy groups -OCH3 is 1. The van der Waals surface area contributed by atoms with Crippen LogP contribution in [-0.4, -0.2) is 26.5 Å². The summed E-state index contributed by atoms with van der Waals surface area (Å²) in [5, 5.41) is 2.12. The molecule has 0 atom stereocenters. The average molecular weight is 489 g/mol. The lowest BCUT2D eigenvalue weighted by atomic mass is 10.2. The van der Waals surface area contributed by atoms with E-state index in [1.165, 1.54) is 42.9 Å². The molecule has 10 heteroatoms. The summed E-state index contributed by atoms with van der Waals surface area (Å²) in [5.74, 6) is -0.369. The number of ether oxygens (including phenoxy) is 1. The number of nitrogens with zero attached hydrogens (tertiary/aromatic N) is 2. The highest BCUT2D eigenvalue weighted by Crippen LogP contribution is 2.33. The van der Waals surface area contributed by atoms with Gasteiger partial charge in [-0.15, -0.1) is 11.3 Å². The minimum atomic E-state index is -4.24. The van der Waals surface area contributed by atoms with E-state index in [0.717, 1.165) is 9.18 Å². The second-order valence-electron chi connectivity index (χ2n) is 6.57. The van der Waals surface area contributed by atoms with Gasteiger partial charge in [-0.1, -0.05) is 41.9 Å². The molecule has 0 spiro atoms. The molecule has 0 aliphatic heterocycles. The van der Waals surface area contributed by atoms with Crippen LogP contribution in [0.1, 0.15) is 16.1 Å². The number of thiophene rings is 1. The van der Waals surface area contributed by atoms with Gasteiger partial charge in [-0.2, -0.15) is 0 Å². The van der Waals surface area contributed by atoms with E-state index in [4.69, 9.17) is 20.8 Å².